The fourth-order valence-electron chi connectivity index (χ4n) is 3.45. The summed E-state index contributed by atoms with van der Waals surface area (Å²) in [5.41, 5.74) is 1.71. The summed E-state index contributed by atoms with van der Waals surface area (Å²) in [5, 5.41) is 2.93. The Balaban J connectivity index is 1.77. The van der Waals surface area contributed by atoms with Gasteiger partial charge in [0.05, 0.1) is 25.0 Å². The number of benzene rings is 2. The SMILES string of the molecule is COc1ccc(S(=O)(=O)N2CCC[C@H](C(=O)Nc3ccccc3C)C2)cc1OC. The average molecular weight is 419 g/mol. The summed E-state index contributed by atoms with van der Waals surface area (Å²) in [6, 6.07) is 12.0. The highest BCUT2D eigenvalue weighted by Crippen LogP contribution is 2.32. The molecule has 0 saturated carbocycles. The highest BCUT2D eigenvalue weighted by molar-refractivity contribution is 7.89. The van der Waals surface area contributed by atoms with Crippen LogP contribution in [0.4, 0.5) is 5.69 Å². The first-order valence-electron chi connectivity index (χ1n) is 9.45. The Morgan fingerprint density at radius 3 is 2.52 bits per heavy atom. The molecule has 1 heterocycles. The van der Waals surface area contributed by atoms with Crippen molar-refractivity contribution in [2.24, 2.45) is 5.92 Å². The molecule has 1 fully saturated rings. The van der Waals surface area contributed by atoms with Crippen LogP contribution in [0, 0.1) is 12.8 Å². The number of hydrogen-bond acceptors (Lipinski definition) is 5. The van der Waals surface area contributed by atoms with Gasteiger partial charge in [-0.3, -0.25) is 4.79 Å². The number of methoxy groups -OCH3 is 2. The summed E-state index contributed by atoms with van der Waals surface area (Å²) in [7, 11) is -0.796. The maximum atomic E-state index is 13.1. The highest BCUT2D eigenvalue weighted by Gasteiger charge is 2.34. The summed E-state index contributed by atoms with van der Waals surface area (Å²) in [6.07, 6.45) is 1.27. The van der Waals surface area contributed by atoms with Crippen LogP contribution in [-0.4, -0.2) is 45.9 Å². The number of rotatable bonds is 6. The Morgan fingerprint density at radius 2 is 1.83 bits per heavy atom. The van der Waals surface area contributed by atoms with Gasteiger partial charge >= 0.3 is 0 Å². The van der Waals surface area contributed by atoms with E-state index in [0.29, 0.717) is 30.9 Å². The standard InChI is InChI=1S/C21H26N2O5S/c1-15-7-4-5-9-18(15)22-21(24)16-8-6-12-23(14-16)29(25,26)17-10-11-19(27-2)20(13-17)28-3/h4-5,7,9-11,13,16H,6,8,12,14H2,1-3H3,(H,22,24)/t16-/m0/s1. The molecule has 1 atom stereocenters. The smallest absolute Gasteiger partial charge is 0.243 e. The third-order valence-corrected chi connectivity index (χ3v) is 7.01. The largest absolute Gasteiger partial charge is 0.493 e. The maximum Gasteiger partial charge on any atom is 0.243 e. The lowest BCUT2D eigenvalue weighted by Crippen LogP contribution is -2.43. The lowest BCUT2D eigenvalue weighted by molar-refractivity contribution is -0.120. The van der Waals surface area contributed by atoms with E-state index in [1.54, 1.807) is 6.07 Å². The van der Waals surface area contributed by atoms with Gasteiger partial charge in [0.1, 0.15) is 0 Å². The molecule has 0 radical (unpaired) electrons. The molecule has 3 rings (SSSR count). The minimum absolute atomic E-state index is 0.120. The predicted octanol–water partition coefficient (Wildman–Crippen LogP) is 3.05. The van der Waals surface area contributed by atoms with E-state index in [9.17, 15) is 13.2 Å². The number of carbonyl (C=O) groups is 1. The Labute approximate surface area is 171 Å². The summed E-state index contributed by atoms with van der Waals surface area (Å²) in [6.45, 7) is 2.45. The van der Waals surface area contributed by atoms with Crippen LogP contribution in [0.5, 0.6) is 11.5 Å². The van der Waals surface area contributed by atoms with Crippen LogP contribution in [0.3, 0.4) is 0 Å². The zero-order chi connectivity index (χ0) is 21.0. The molecular weight excluding hydrogens is 392 g/mol. The van der Waals surface area contributed by atoms with Crippen molar-refractivity contribution < 1.29 is 22.7 Å². The van der Waals surface area contributed by atoms with Crippen LogP contribution >= 0.6 is 0 Å². The van der Waals surface area contributed by atoms with Gasteiger partial charge in [0.15, 0.2) is 11.5 Å². The molecule has 7 nitrogen and oxygen atoms in total. The summed E-state index contributed by atoms with van der Waals surface area (Å²) >= 11 is 0. The number of sulfonamides is 1. The predicted molar refractivity (Wildman–Crippen MR) is 111 cm³/mol. The molecule has 1 aliphatic heterocycles. The van der Waals surface area contributed by atoms with Gasteiger partial charge < -0.3 is 14.8 Å². The third kappa shape index (κ3) is 4.54. The van der Waals surface area contributed by atoms with Crippen LogP contribution in [0.15, 0.2) is 47.4 Å². The first-order chi connectivity index (χ1) is 13.9. The highest BCUT2D eigenvalue weighted by atomic mass is 32.2. The molecule has 0 aromatic heterocycles. The second kappa shape index (κ2) is 8.84. The van der Waals surface area contributed by atoms with E-state index >= 15 is 0 Å². The van der Waals surface area contributed by atoms with E-state index in [-0.39, 0.29) is 17.3 Å². The summed E-state index contributed by atoms with van der Waals surface area (Å²) in [4.78, 5) is 12.9. The Morgan fingerprint density at radius 1 is 1.10 bits per heavy atom. The summed E-state index contributed by atoms with van der Waals surface area (Å²) in [5.74, 6) is 0.241. The van der Waals surface area contributed by atoms with Crippen molar-refractivity contribution in [1.82, 2.24) is 4.31 Å². The van der Waals surface area contributed by atoms with Crippen molar-refractivity contribution in [3.63, 3.8) is 0 Å². The van der Waals surface area contributed by atoms with Crippen molar-refractivity contribution in [3.05, 3.63) is 48.0 Å². The van der Waals surface area contributed by atoms with Gasteiger partial charge in [-0.25, -0.2) is 8.42 Å². The number of hydrogen-bond donors (Lipinski definition) is 1. The Bertz CT molecular complexity index is 990. The number of anilines is 1. The summed E-state index contributed by atoms with van der Waals surface area (Å²) < 4.78 is 38.0. The first-order valence-corrected chi connectivity index (χ1v) is 10.9. The average Bonchev–Trinajstić information content (AvgIpc) is 2.74. The van der Waals surface area contributed by atoms with Crippen LogP contribution in [0.1, 0.15) is 18.4 Å². The van der Waals surface area contributed by atoms with E-state index in [4.69, 9.17) is 9.47 Å². The van der Waals surface area contributed by atoms with Crippen molar-refractivity contribution in [2.45, 2.75) is 24.7 Å². The number of piperidine rings is 1. The van der Waals surface area contributed by atoms with E-state index in [2.05, 4.69) is 5.32 Å². The molecule has 2 aromatic rings. The lowest BCUT2D eigenvalue weighted by atomic mass is 9.98. The molecule has 8 heteroatoms. The van der Waals surface area contributed by atoms with Crippen LogP contribution < -0.4 is 14.8 Å². The molecule has 1 saturated heterocycles. The number of para-hydroxylation sites is 1. The Hall–Kier alpha value is -2.58. The molecule has 0 bridgehead atoms. The van der Waals surface area contributed by atoms with Gasteiger partial charge in [0.2, 0.25) is 15.9 Å². The number of aryl methyl sites for hydroxylation is 1. The van der Waals surface area contributed by atoms with Gasteiger partial charge in [-0.1, -0.05) is 18.2 Å². The second-order valence-corrected chi connectivity index (χ2v) is 8.96. The quantitative estimate of drug-likeness (QED) is 0.779. The van der Waals surface area contributed by atoms with Crippen LogP contribution in [0.2, 0.25) is 0 Å². The maximum absolute atomic E-state index is 13.1. The third-order valence-electron chi connectivity index (χ3n) is 5.15. The molecule has 2 aromatic carbocycles. The van der Waals surface area contributed by atoms with Gasteiger partial charge in [0, 0.05) is 24.8 Å². The number of carbonyl (C=O) groups excluding carboxylic acids is 1. The van der Waals surface area contributed by atoms with Gasteiger partial charge in [-0.05, 0) is 43.5 Å². The number of amides is 1. The zero-order valence-electron chi connectivity index (χ0n) is 16.8. The molecular formula is C21H26N2O5S. The minimum Gasteiger partial charge on any atom is -0.493 e. The number of nitrogens with zero attached hydrogens (tertiary/aromatic N) is 1. The molecule has 0 aliphatic carbocycles. The van der Waals surface area contributed by atoms with Crippen molar-refractivity contribution in [3.8, 4) is 11.5 Å². The topological polar surface area (TPSA) is 84.9 Å². The van der Waals surface area contributed by atoms with E-state index in [1.807, 2.05) is 31.2 Å². The van der Waals surface area contributed by atoms with Crippen molar-refractivity contribution in [2.75, 3.05) is 32.6 Å². The molecule has 29 heavy (non-hydrogen) atoms. The zero-order valence-corrected chi connectivity index (χ0v) is 17.7. The molecule has 1 N–H and O–H groups in total. The molecule has 0 spiro atoms. The van der Waals surface area contributed by atoms with E-state index in [1.165, 1.54) is 30.7 Å². The van der Waals surface area contributed by atoms with E-state index < -0.39 is 15.9 Å². The van der Waals surface area contributed by atoms with Gasteiger partial charge in [-0.2, -0.15) is 4.31 Å². The fourth-order valence-corrected chi connectivity index (χ4v) is 4.99. The first kappa shape index (κ1) is 21.1. The van der Waals surface area contributed by atoms with E-state index in [0.717, 1.165) is 11.3 Å². The Kier molecular flexibility index (Phi) is 6.44. The van der Waals surface area contributed by atoms with Crippen molar-refractivity contribution in [1.29, 1.82) is 0 Å². The molecule has 0 unspecified atom stereocenters. The number of ether oxygens (including phenoxy) is 2. The van der Waals surface area contributed by atoms with Crippen molar-refractivity contribution >= 4 is 21.6 Å². The van der Waals surface area contributed by atoms with Crippen LogP contribution in [-0.2, 0) is 14.8 Å². The normalized spacial score (nSPS) is 17.6. The lowest BCUT2D eigenvalue weighted by Gasteiger charge is -2.31. The van der Waals surface area contributed by atoms with Gasteiger partial charge in [0.25, 0.3) is 0 Å². The van der Waals surface area contributed by atoms with Crippen LogP contribution in [0.25, 0.3) is 0 Å². The molecule has 1 aliphatic rings. The van der Waals surface area contributed by atoms with Gasteiger partial charge in [-0.15, -0.1) is 0 Å². The fraction of sp³-hybridized carbons (Fsp3) is 0.381. The molecule has 156 valence electrons. The molecule has 1 amide bonds. The number of nitrogens with one attached hydrogen (secondary N) is 1. The minimum atomic E-state index is -3.75. The monoisotopic (exact) mass is 418 g/mol. The second-order valence-electron chi connectivity index (χ2n) is 7.02.